The molecular formula is C28H38N4O3. The highest BCUT2D eigenvalue weighted by atomic mass is 16.6. The van der Waals surface area contributed by atoms with Crippen molar-refractivity contribution in [3.63, 3.8) is 0 Å². The molecule has 0 unspecified atom stereocenters. The molecule has 2 aromatic rings. The fourth-order valence-corrected chi connectivity index (χ4v) is 6.92. The monoisotopic (exact) mass is 478 g/mol. The van der Waals surface area contributed by atoms with Gasteiger partial charge in [-0.3, -0.25) is 4.79 Å². The molecule has 4 aliphatic rings. The summed E-state index contributed by atoms with van der Waals surface area (Å²) in [6.45, 7) is 5.82. The molecule has 35 heavy (non-hydrogen) atoms. The molecule has 4 fully saturated rings. The Balaban J connectivity index is 1.29. The number of nitrogens with zero attached hydrogens (tertiary/aromatic N) is 1. The first-order chi connectivity index (χ1) is 16.7. The lowest BCUT2D eigenvalue weighted by molar-refractivity contribution is -0.123. The average Bonchev–Trinajstić information content (AvgIpc) is 3.25. The van der Waals surface area contributed by atoms with Crippen molar-refractivity contribution in [3.05, 3.63) is 53.6 Å². The molecule has 1 aromatic carbocycles. The van der Waals surface area contributed by atoms with Gasteiger partial charge in [0.05, 0.1) is 0 Å². The molecule has 188 valence electrons. The zero-order chi connectivity index (χ0) is 24.6. The van der Waals surface area contributed by atoms with E-state index in [-0.39, 0.29) is 11.3 Å². The first-order valence-electron chi connectivity index (χ1n) is 13.0. The number of carbonyl (C=O) groups is 2. The van der Waals surface area contributed by atoms with Crippen LogP contribution in [0, 0.1) is 17.8 Å². The number of benzene rings is 1. The molecule has 2 amide bonds. The smallest absolute Gasteiger partial charge is 0.408 e. The summed E-state index contributed by atoms with van der Waals surface area (Å²) in [6.07, 6.45) is 9.41. The first kappa shape index (κ1) is 23.9. The molecule has 1 aromatic heterocycles. The van der Waals surface area contributed by atoms with Crippen LogP contribution in [-0.2, 0) is 27.9 Å². The van der Waals surface area contributed by atoms with E-state index in [1.54, 1.807) is 0 Å². The van der Waals surface area contributed by atoms with Gasteiger partial charge in [0.2, 0.25) is 5.91 Å². The summed E-state index contributed by atoms with van der Waals surface area (Å²) in [6, 6.07) is 8.98. The van der Waals surface area contributed by atoms with Crippen LogP contribution < -0.4 is 10.6 Å². The lowest BCUT2D eigenvalue weighted by Crippen LogP contribution is -2.49. The minimum absolute atomic E-state index is 0.163. The van der Waals surface area contributed by atoms with E-state index in [0.29, 0.717) is 13.0 Å². The molecule has 7 heteroatoms. The Morgan fingerprint density at radius 2 is 1.71 bits per heavy atom. The molecule has 1 heterocycles. The Morgan fingerprint density at radius 3 is 2.31 bits per heavy atom. The molecule has 0 radical (unpaired) electrons. The second kappa shape index (κ2) is 9.32. The van der Waals surface area contributed by atoms with Gasteiger partial charge in [0.15, 0.2) is 0 Å². The molecule has 4 aliphatic carbocycles. The van der Waals surface area contributed by atoms with Gasteiger partial charge >= 0.3 is 6.09 Å². The van der Waals surface area contributed by atoms with Crippen molar-refractivity contribution < 1.29 is 14.3 Å². The Labute approximate surface area is 207 Å². The molecule has 1 atom stereocenters. The largest absolute Gasteiger partial charge is 0.444 e. The van der Waals surface area contributed by atoms with E-state index in [1.807, 2.05) is 57.3 Å². The summed E-state index contributed by atoms with van der Waals surface area (Å²) in [7, 11) is 0. The van der Waals surface area contributed by atoms with Crippen LogP contribution in [0.4, 0.5) is 4.79 Å². The summed E-state index contributed by atoms with van der Waals surface area (Å²) in [5.41, 5.74) is 1.39. The van der Waals surface area contributed by atoms with Crippen LogP contribution in [-0.4, -0.2) is 33.6 Å². The van der Waals surface area contributed by atoms with Crippen LogP contribution in [0.3, 0.4) is 0 Å². The van der Waals surface area contributed by atoms with Crippen LogP contribution in [0.2, 0.25) is 0 Å². The van der Waals surface area contributed by atoms with Crippen LogP contribution in [0.15, 0.2) is 36.5 Å². The van der Waals surface area contributed by atoms with Gasteiger partial charge in [0, 0.05) is 30.3 Å². The maximum absolute atomic E-state index is 13.1. The van der Waals surface area contributed by atoms with Crippen molar-refractivity contribution in [2.45, 2.75) is 89.3 Å². The number of rotatable bonds is 7. The Bertz CT molecular complexity index is 1020. The SMILES string of the molecule is CC(C)(C)OC(=O)N[C@@H](Cc1cnc(C23CC4CC(CC(C4)C2)C3)[nH]1)C(=O)NCc1ccccc1. The third kappa shape index (κ3) is 5.54. The fourth-order valence-electron chi connectivity index (χ4n) is 6.92. The summed E-state index contributed by atoms with van der Waals surface area (Å²) < 4.78 is 5.43. The highest BCUT2D eigenvalue weighted by Gasteiger charge is 2.53. The van der Waals surface area contributed by atoms with Crippen molar-refractivity contribution in [2.75, 3.05) is 0 Å². The number of aromatic amines is 1. The molecule has 0 aliphatic heterocycles. The average molecular weight is 479 g/mol. The number of H-pyrrole nitrogens is 1. The molecule has 4 saturated carbocycles. The topological polar surface area (TPSA) is 96.1 Å². The molecule has 0 spiro atoms. The van der Waals surface area contributed by atoms with E-state index in [9.17, 15) is 9.59 Å². The van der Waals surface area contributed by atoms with Crippen molar-refractivity contribution in [1.82, 2.24) is 20.6 Å². The highest BCUT2D eigenvalue weighted by Crippen LogP contribution is 2.60. The molecule has 4 bridgehead atoms. The number of alkyl carbamates (subject to hydrolysis) is 1. The Morgan fingerprint density at radius 1 is 1.09 bits per heavy atom. The zero-order valence-electron chi connectivity index (χ0n) is 21.1. The van der Waals surface area contributed by atoms with Gasteiger partial charge in [-0.15, -0.1) is 0 Å². The summed E-state index contributed by atoms with van der Waals surface area (Å²) in [5.74, 6) is 3.33. The molecule has 6 rings (SSSR count). The van der Waals surface area contributed by atoms with E-state index in [4.69, 9.17) is 9.72 Å². The van der Waals surface area contributed by atoms with Crippen molar-refractivity contribution in [1.29, 1.82) is 0 Å². The number of hydrogen-bond donors (Lipinski definition) is 3. The number of carbonyl (C=O) groups excluding carboxylic acids is 2. The predicted molar refractivity (Wildman–Crippen MR) is 134 cm³/mol. The number of aromatic nitrogens is 2. The van der Waals surface area contributed by atoms with E-state index in [2.05, 4.69) is 15.6 Å². The summed E-state index contributed by atoms with van der Waals surface area (Å²) >= 11 is 0. The number of ether oxygens (including phenoxy) is 1. The molecule has 7 nitrogen and oxygen atoms in total. The van der Waals surface area contributed by atoms with Gasteiger partial charge in [-0.2, -0.15) is 0 Å². The van der Waals surface area contributed by atoms with Gasteiger partial charge in [-0.05, 0) is 82.6 Å². The van der Waals surface area contributed by atoms with Gasteiger partial charge in [0.1, 0.15) is 17.5 Å². The first-order valence-corrected chi connectivity index (χ1v) is 13.0. The van der Waals surface area contributed by atoms with E-state index in [0.717, 1.165) is 34.8 Å². The van der Waals surface area contributed by atoms with Crippen LogP contribution in [0.25, 0.3) is 0 Å². The third-order valence-electron chi connectivity index (χ3n) is 7.91. The number of amides is 2. The summed E-state index contributed by atoms with van der Waals surface area (Å²) in [4.78, 5) is 34.1. The lowest BCUT2D eigenvalue weighted by atomic mass is 9.49. The Hall–Kier alpha value is -2.83. The molecule has 0 saturated heterocycles. The number of hydrogen-bond acceptors (Lipinski definition) is 4. The standard InChI is InChI=1S/C28H38N4O3/c1-27(2,3)35-26(34)32-23(24(33)29-16-18-7-5-4-6-8-18)12-22-17-30-25(31-22)28-13-19-9-20(14-28)11-21(10-19)15-28/h4-8,17,19-21,23H,9-16H2,1-3H3,(H,29,33)(H,30,31)(H,32,34)/t19?,20?,21?,23-,28?/m0/s1. The summed E-state index contributed by atoms with van der Waals surface area (Å²) in [5, 5.41) is 5.74. The predicted octanol–water partition coefficient (Wildman–Crippen LogP) is 4.63. The van der Waals surface area contributed by atoms with Crippen LogP contribution in [0.5, 0.6) is 0 Å². The normalized spacial score (nSPS) is 27.9. The van der Waals surface area contributed by atoms with E-state index < -0.39 is 17.7 Å². The minimum Gasteiger partial charge on any atom is -0.444 e. The van der Waals surface area contributed by atoms with Crippen LogP contribution >= 0.6 is 0 Å². The van der Waals surface area contributed by atoms with Crippen molar-refractivity contribution in [2.24, 2.45) is 17.8 Å². The fraction of sp³-hybridized carbons (Fsp3) is 0.607. The van der Waals surface area contributed by atoms with E-state index >= 15 is 0 Å². The minimum atomic E-state index is -0.766. The highest BCUT2D eigenvalue weighted by molar-refractivity contribution is 5.85. The van der Waals surface area contributed by atoms with Crippen molar-refractivity contribution >= 4 is 12.0 Å². The van der Waals surface area contributed by atoms with Gasteiger partial charge < -0.3 is 20.4 Å². The number of imidazole rings is 1. The second-order valence-corrected chi connectivity index (χ2v) is 12.1. The van der Waals surface area contributed by atoms with E-state index in [1.165, 1.54) is 38.5 Å². The quantitative estimate of drug-likeness (QED) is 0.541. The third-order valence-corrected chi connectivity index (χ3v) is 7.91. The lowest BCUT2D eigenvalue weighted by Gasteiger charge is -2.56. The number of nitrogens with one attached hydrogen (secondary N) is 3. The zero-order valence-corrected chi connectivity index (χ0v) is 21.1. The second-order valence-electron chi connectivity index (χ2n) is 12.1. The maximum Gasteiger partial charge on any atom is 0.408 e. The van der Waals surface area contributed by atoms with Crippen molar-refractivity contribution in [3.8, 4) is 0 Å². The molecule has 3 N–H and O–H groups in total. The molecular weight excluding hydrogens is 440 g/mol. The maximum atomic E-state index is 13.1. The van der Waals surface area contributed by atoms with Gasteiger partial charge in [-0.1, -0.05) is 30.3 Å². The van der Waals surface area contributed by atoms with Crippen LogP contribution in [0.1, 0.15) is 76.4 Å². The Kier molecular flexibility index (Phi) is 6.36. The van der Waals surface area contributed by atoms with Gasteiger partial charge in [0.25, 0.3) is 0 Å². The van der Waals surface area contributed by atoms with Gasteiger partial charge in [-0.25, -0.2) is 9.78 Å².